The van der Waals surface area contributed by atoms with Crippen LogP contribution in [0, 0.1) is 17.3 Å². The predicted molar refractivity (Wildman–Crippen MR) is 164 cm³/mol. The van der Waals surface area contributed by atoms with Gasteiger partial charge in [-0.1, -0.05) is 57.2 Å². The quantitative estimate of drug-likeness (QED) is 0.228. The molecule has 0 aromatic heterocycles. The lowest BCUT2D eigenvalue weighted by molar-refractivity contribution is -0.163. The first-order chi connectivity index (χ1) is 22.2. The molecule has 2 aromatic carbocycles. The highest BCUT2D eigenvalue weighted by molar-refractivity contribution is 5.92. The Labute approximate surface area is 267 Å². The molecule has 4 aliphatic heterocycles. The molecular weight excluding hydrogens is 588 g/mol. The molecule has 9 atom stereocenters. The van der Waals surface area contributed by atoms with Gasteiger partial charge in [0.05, 0.1) is 13.2 Å². The SMILES string of the molecule is COc1cc(/C=C/C(=O)O[C@@H]2[C@@]3(C(C)C)O[C@H]3[C@@H]3O[C@]34[C@]23O[C@H]3C[C@H]2C3=C(CC[C@@]24C)C(=O)OC3)ccc1OCc1ccccc1. The molecule has 0 amide bonds. The lowest BCUT2D eigenvalue weighted by atomic mass is 9.46. The third-order valence-corrected chi connectivity index (χ3v) is 12.1. The van der Waals surface area contributed by atoms with Gasteiger partial charge in [-0.25, -0.2) is 9.59 Å². The van der Waals surface area contributed by atoms with Crippen molar-refractivity contribution in [2.45, 2.75) is 87.9 Å². The molecule has 9 rings (SSSR count). The summed E-state index contributed by atoms with van der Waals surface area (Å²) < 4.78 is 43.5. The van der Waals surface area contributed by atoms with Crippen LogP contribution in [-0.2, 0) is 39.9 Å². The number of ether oxygens (including phenoxy) is 7. The summed E-state index contributed by atoms with van der Waals surface area (Å²) in [6.07, 6.45) is 4.28. The van der Waals surface area contributed by atoms with Crippen LogP contribution in [0.5, 0.6) is 11.5 Å². The summed E-state index contributed by atoms with van der Waals surface area (Å²) in [5.74, 6) is 0.743. The Morgan fingerprint density at radius 2 is 1.89 bits per heavy atom. The number of carbonyl (C=O) groups excluding carboxylic acids is 2. The molecule has 9 nitrogen and oxygen atoms in total. The summed E-state index contributed by atoms with van der Waals surface area (Å²) in [5, 5.41) is 0. The average molecular weight is 627 g/mol. The van der Waals surface area contributed by atoms with Gasteiger partial charge in [0.1, 0.15) is 36.6 Å². The molecule has 0 bridgehead atoms. The molecule has 0 unspecified atom stereocenters. The number of hydrogen-bond acceptors (Lipinski definition) is 9. The van der Waals surface area contributed by atoms with Crippen LogP contribution in [0.25, 0.3) is 6.08 Å². The van der Waals surface area contributed by atoms with Crippen LogP contribution >= 0.6 is 0 Å². The van der Waals surface area contributed by atoms with Crippen molar-refractivity contribution in [1.82, 2.24) is 0 Å². The molecule has 7 aliphatic rings. The second kappa shape index (κ2) is 9.46. The summed E-state index contributed by atoms with van der Waals surface area (Å²) in [5.41, 5.74) is 1.37. The number of esters is 2. The van der Waals surface area contributed by atoms with Gasteiger partial charge >= 0.3 is 11.9 Å². The van der Waals surface area contributed by atoms with Gasteiger partial charge in [0.2, 0.25) is 0 Å². The summed E-state index contributed by atoms with van der Waals surface area (Å²) in [4.78, 5) is 26.1. The van der Waals surface area contributed by atoms with Crippen LogP contribution < -0.4 is 9.47 Å². The third kappa shape index (κ3) is 3.51. The van der Waals surface area contributed by atoms with E-state index in [9.17, 15) is 9.59 Å². The maximum absolute atomic E-state index is 13.6. The van der Waals surface area contributed by atoms with E-state index in [-0.39, 0.29) is 41.5 Å². The van der Waals surface area contributed by atoms with Gasteiger partial charge in [0.15, 0.2) is 23.2 Å². The number of carbonyl (C=O) groups is 2. The van der Waals surface area contributed by atoms with Crippen molar-refractivity contribution in [3.63, 3.8) is 0 Å². The van der Waals surface area contributed by atoms with Crippen LogP contribution in [0.4, 0.5) is 0 Å². The third-order valence-electron chi connectivity index (χ3n) is 12.1. The van der Waals surface area contributed by atoms with Gasteiger partial charge in [-0.15, -0.1) is 0 Å². The van der Waals surface area contributed by atoms with Gasteiger partial charge < -0.3 is 33.2 Å². The summed E-state index contributed by atoms with van der Waals surface area (Å²) in [6.45, 7) is 7.26. The number of cyclic esters (lactones) is 1. The molecule has 3 aliphatic carbocycles. The minimum absolute atomic E-state index is 0.0837. The number of epoxide rings is 3. The zero-order chi connectivity index (χ0) is 31.6. The van der Waals surface area contributed by atoms with Gasteiger partial charge in [0, 0.05) is 17.1 Å². The molecule has 5 fully saturated rings. The Bertz CT molecular complexity index is 1710. The smallest absolute Gasteiger partial charge is 0.334 e. The van der Waals surface area contributed by atoms with E-state index >= 15 is 0 Å². The minimum Gasteiger partial charge on any atom is -0.493 e. The van der Waals surface area contributed by atoms with Crippen LogP contribution in [0.3, 0.4) is 0 Å². The van der Waals surface area contributed by atoms with E-state index < -0.39 is 28.9 Å². The molecule has 2 spiro atoms. The van der Waals surface area contributed by atoms with Crippen molar-refractivity contribution in [1.29, 1.82) is 0 Å². The Balaban J connectivity index is 0.977. The maximum atomic E-state index is 13.6. The molecule has 9 heteroatoms. The van der Waals surface area contributed by atoms with Crippen molar-refractivity contribution in [2.75, 3.05) is 13.7 Å². The monoisotopic (exact) mass is 626 g/mol. The molecule has 3 saturated heterocycles. The highest BCUT2D eigenvalue weighted by atomic mass is 16.8. The highest BCUT2D eigenvalue weighted by Crippen LogP contribution is 2.83. The Kier molecular flexibility index (Phi) is 5.87. The van der Waals surface area contributed by atoms with Gasteiger partial charge in [-0.05, 0) is 66.0 Å². The molecule has 240 valence electrons. The van der Waals surface area contributed by atoms with Gasteiger partial charge in [0.25, 0.3) is 0 Å². The average Bonchev–Trinajstić information content (AvgIpc) is 3.98. The van der Waals surface area contributed by atoms with Gasteiger partial charge in [-0.3, -0.25) is 0 Å². The van der Waals surface area contributed by atoms with Crippen LogP contribution in [0.15, 0.2) is 65.8 Å². The Morgan fingerprint density at radius 3 is 2.67 bits per heavy atom. The molecule has 2 saturated carbocycles. The Hall–Kier alpha value is -3.66. The normalized spacial score (nSPS) is 40.5. The Morgan fingerprint density at radius 1 is 1.07 bits per heavy atom. The summed E-state index contributed by atoms with van der Waals surface area (Å²) in [7, 11) is 1.60. The number of methoxy groups -OCH3 is 1. The summed E-state index contributed by atoms with van der Waals surface area (Å²) >= 11 is 0. The first-order valence-corrected chi connectivity index (χ1v) is 16.4. The molecule has 0 radical (unpaired) electrons. The highest BCUT2D eigenvalue weighted by Gasteiger charge is 3.01. The van der Waals surface area contributed by atoms with Gasteiger partial charge in [-0.2, -0.15) is 0 Å². The minimum atomic E-state index is -0.786. The number of hydrogen-bond donors (Lipinski definition) is 0. The molecule has 0 N–H and O–H groups in total. The largest absolute Gasteiger partial charge is 0.493 e. The van der Waals surface area contributed by atoms with Crippen LogP contribution in [-0.4, -0.2) is 66.9 Å². The van der Waals surface area contributed by atoms with E-state index in [4.69, 9.17) is 33.2 Å². The predicted octanol–water partition coefficient (Wildman–Crippen LogP) is 4.96. The van der Waals surface area contributed by atoms with E-state index in [1.165, 1.54) is 6.08 Å². The topological polar surface area (TPSA) is 109 Å². The zero-order valence-electron chi connectivity index (χ0n) is 26.4. The lowest BCUT2D eigenvalue weighted by Gasteiger charge is -2.53. The van der Waals surface area contributed by atoms with E-state index in [0.29, 0.717) is 31.1 Å². The van der Waals surface area contributed by atoms with E-state index in [1.54, 1.807) is 13.2 Å². The van der Waals surface area contributed by atoms with Crippen LogP contribution in [0.1, 0.15) is 51.2 Å². The van der Waals surface area contributed by atoms with Crippen molar-refractivity contribution in [2.24, 2.45) is 17.3 Å². The first-order valence-electron chi connectivity index (χ1n) is 16.4. The lowest BCUT2D eigenvalue weighted by Crippen LogP contribution is -2.70. The van der Waals surface area contributed by atoms with Crippen molar-refractivity contribution in [3.05, 3.63) is 76.9 Å². The first kappa shape index (κ1) is 28.6. The number of benzene rings is 2. The second-order valence-electron chi connectivity index (χ2n) is 14.3. The number of fused-ring (bicyclic) bond motifs is 4. The summed E-state index contributed by atoms with van der Waals surface area (Å²) in [6, 6.07) is 15.5. The molecule has 2 aromatic rings. The molecule has 46 heavy (non-hydrogen) atoms. The van der Waals surface area contributed by atoms with Crippen molar-refractivity contribution < 1.29 is 42.7 Å². The fourth-order valence-corrected chi connectivity index (χ4v) is 9.80. The van der Waals surface area contributed by atoms with E-state index in [0.717, 1.165) is 35.1 Å². The molecular formula is C37H38O9. The zero-order valence-corrected chi connectivity index (χ0v) is 26.4. The maximum Gasteiger partial charge on any atom is 0.334 e. The fourth-order valence-electron chi connectivity index (χ4n) is 9.80. The standard InChI is InChI=1S/C37H38O9/c1-20(2)35-30(45-35)31-37(46-31)34(3)15-14-23-24(19-42-32(23)39)25(34)17-28-36(37,44-28)33(35)43-29(38)13-11-21-10-12-26(27(16-21)40-4)41-18-22-8-6-5-7-9-22/h5-13,16,20,25,28,30-31,33H,14-15,17-19H2,1-4H3/b13-11+/t25-,28-,30-,31-,33+,34-,35-,36+,37+/m0/s1. The molecule has 4 heterocycles. The fraction of sp³-hybridized carbons (Fsp3) is 0.514. The van der Waals surface area contributed by atoms with E-state index in [2.05, 4.69) is 20.8 Å². The second-order valence-corrected chi connectivity index (χ2v) is 14.3. The van der Waals surface area contributed by atoms with E-state index in [1.807, 2.05) is 48.5 Å². The van der Waals surface area contributed by atoms with Crippen molar-refractivity contribution >= 4 is 18.0 Å². The van der Waals surface area contributed by atoms with Crippen LogP contribution in [0.2, 0.25) is 0 Å². The van der Waals surface area contributed by atoms with Crippen molar-refractivity contribution in [3.8, 4) is 11.5 Å². The number of rotatable bonds is 8.